The van der Waals surface area contributed by atoms with E-state index in [4.69, 9.17) is 4.98 Å². The van der Waals surface area contributed by atoms with Gasteiger partial charge in [0.2, 0.25) is 0 Å². The van der Waals surface area contributed by atoms with Crippen LogP contribution in [0.2, 0.25) is 0 Å². The van der Waals surface area contributed by atoms with E-state index in [0.29, 0.717) is 0 Å². The third kappa shape index (κ3) is 4.72. The van der Waals surface area contributed by atoms with E-state index in [1.54, 1.807) is 0 Å². The summed E-state index contributed by atoms with van der Waals surface area (Å²) in [5, 5.41) is 9.82. The number of hydrogen-bond acceptors (Lipinski definition) is 3. The highest BCUT2D eigenvalue weighted by Gasteiger charge is 2.27. The molecular formula is C51H33N3. The Balaban J connectivity index is 1.07. The van der Waals surface area contributed by atoms with Crippen molar-refractivity contribution in [2.45, 2.75) is 0 Å². The maximum Gasteiger partial charge on any atom is 0.0709 e. The van der Waals surface area contributed by atoms with Gasteiger partial charge in [-0.25, -0.2) is 0 Å². The van der Waals surface area contributed by atoms with Gasteiger partial charge in [-0.2, -0.15) is 0 Å². The van der Waals surface area contributed by atoms with Gasteiger partial charge >= 0.3 is 0 Å². The molecule has 0 spiro atoms. The fraction of sp³-hybridized carbons (Fsp3) is 0. The number of nitrogens with zero attached hydrogens (tertiary/aromatic N) is 3. The molecule has 0 saturated heterocycles. The van der Waals surface area contributed by atoms with E-state index in [9.17, 15) is 0 Å². The Labute approximate surface area is 313 Å². The second-order valence-electron chi connectivity index (χ2n) is 14.0. The molecule has 252 valence electrons. The molecule has 2 heterocycles. The van der Waals surface area contributed by atoms with Gasteiger partial charge in [-0.1, -0.05) is 140 Å². The molecule has 3 nitrogen and oxygen atoms in total. The summed E-state index contributed by atoms with van der Waals surface area (Å²) in [4.78, 5) is 9.85. The third-order valence-corrected chi connectivity index (χ3v) is 11.0. The van der Waals surface area contributed by atoms with Crippen LogP contribution >= 0.6 is 0 Å². The fourth-order valence-electron chi connectivity index (χ4n) is 8.56. The van der Waals surface area contributed by atoms with Crippen molar-refractivity contribution in [2.75, 3.05) is 9.80 Å². The van der Waals surface area contributed by atoms with E-state index in [1.165, 1.54) is 65.6 Å². The number of hydrogen-bond donors (Lipinski definition) is 0. The molecule has 0 fully saturated rings. The lowest BCUT2D eigenvalue weighted by Gasteiger charge is -2.34. The first-order chi connectivity index (χ1) is 26.8. The normalized spacial score (nSPS) is 12.0. The molecule has 0 aliphatic carbocycles. The molecule has 11 rings (SSSR count). The molecule has 0 radical (unpaired) electrons. The van der Waals surface area contributed by atoms with E-state index in [-0.39, 0.29) is 0 Å². The average molecular weight is 688 g/mol. The summed E-state index contributed by atoms with van der Waals surface area (Å²) in [5.74, 6) is 0. The molecule has 0 unspecified atom stereocenters. The van der Waals surface area contributed by atoms with Gasteiger partial charge in [0.25, 0.3) is 0 Å². The Morgan fingerprint density at radius 3 is 1.74 bits per heavy atom. The van der Waals surface area contributed by atoms with E-state index in [0.717, 1.165) is 34.0 Å². The number of aromatic nitrogens is 1. The maximum atomic E-state index is 5.09. The van der Waals surface area contributed by atoms with E-state index in [2.05, 4.69) is 204 Å². The molecule has 1 aliphatic rings. The predicted octanol–water partition coefficient (Wildman–Crippen LogP) is 14.3. The van der Waals surface area contributed by atoms with Crippen molar-refractivity contribution in [1.29, 1.82) is 0 Å². The van der Waals surface area contributed by atoms with E-state index in [1.807, 2.05) is 6.20 Å². The molecule has 0 N–H and O–H groups in total. The number of anilines is 6. The Morgan fingerprint density at radius 2 is 0.981 bits per heavy atom. The number of fused-ring (bicyclic) bond motifs is 6. The molecule has 0 amide bonds. The summed E-state index contributed by atoms with van der Waals surface area (Å²) >= 11 is 0. The lowest BCUT2D eigenvalue weighted by atomic mass is 9.87. The van der Waals surface area contributed by atoms with Crippen LogP contribution in [0.4, 0.5) is 34.1 Å². The summed E-state index contributed by atoms with van der Waals surface area (Å²) in [7, 11) is 0. The van der Waals surface area contributed by atoms with Gasteiger partial charge in [-0.05, 0) is 92.5 Å². The molecule has 1 aromatic heterocycles. The lowest BCUT2D eigenvalue weighted by Crippen LogP contribution is -2.16. The largest absolute Gasteiger partial charge is 0.309 e. The third-order valence-electron chi connectivity index (χ3n) is 11.0. The van der Waals surface area contributed by atoms with Crippen LogP contribution in [-0.2, 0) is 0 Å². The van der Waals surface area contributed by atoms with Crippen molar-refractivity contribution < 1.29 is 0 Å². The smallest absolute Gasteiger partial charge is 0.0709 e. The topological polar surface area (TPSA) is 19.4 Å². The lowest BCUT2D eigenvalue weighted by molar-refractivity contribution is 1.23. The summed E-state index contributed by atoms with van der Waals surface area (Å²) < 4.78 is 0. The highest BCUT2D eigenvalue weighted by atomic mass is 15.2. The van der Waals surface area contributed by atoms with Crippen molar-refractivity contribution in [3.05, 3.63) is 200 Å². The van der Waals surface area contributed by atoms with Crippen LogP contribution in [0.25, 0.3) is 65.5 Å². The van der Waals surface area contributed by atoms with Crippen LogP contribution in [0.3, 0.4) is 0 Å². The Bertz CT molecular complexity index is 3040. The predicted molar refractivity (Wildman–Crippen MR) is 228 cm³/mol. The van der Waals surface area contributed by atoms with Crippen LogP contribution in [0.5, 0.6) is 0 Å². The maximum absolute atomic E-state index is 5.09. The van der Waals surface area contributed by atoms with Crippen molar-refractivity contribution in [2.24, 2.45) is 0 Å². The van der Waals surface area contributed by atoms with Crippen molar-refractivity contribution in [3.63, 3.8) is 0 Å². The highest BCUT2D eigenvalue weighted by molar-refractivity contribution is 6.19. The number of pyridine rings is 1. The van der Waals surface area contributed by atoms with Crippen LogP contribution in [-0.4, -0.2) is 4.98 Å². The van der Waals surface area contributed by atoms with Crippen LogP contribution in [0.1, 0.15) is 0 Å². The molecule has 0 bridgehead atoms. The quantitative estimate of drug-likeness (QED) is 0.180. The van der Waals surface area contributed by atoms with Crippen LogP contribution in [0, 0.1) is 0 Å². The van der Waals surface area contributed by atoms with Gasteiger partial charge in [0.05, 0.1) is 34.6 Å². The molecular weight excluding hydrogens is 655 g/mol. The second kappa shape index (κ2) is 12.2. The van der Waals surface area contributed by atoms with Gasteiger partial charge in [-0.15, -0.1) is 0 Å². The van der Waals surface area contributed by atoms with Crippen LogP contribution in [0.15, 0.2) is 200 Å². The fourth-order valence-corrected chi connectivity index (χ4v) is 8.56. The number of benzene rings is 9. The molecule has 10 aromatic rings. The van der Waals surface area contributed by atoms with Gasteiger partial charge in [-0.3, -0.25) is 4.98 Å². The minimum absolute atomic E-state index is 0.953. The summed E-state index contributed by atoms with van der Waals surface area (Å²) in [6.45, 7) is 0. The van der Waals surface area contributed by atoms with Gasteiger partial charge in [0.1, 0.15) is 0 Å². The standard InChI is InChI=1S/C51H33N3/c1-4-18-41-34(11-1)14-7-21-44(41)46-31-30-40(33-52-46)53(47-23-9-15-35-12-2-5-19-42(35)47)38-26-28-39(29-27-38)54-48-24-10-17-37-16-8-22-45(50(37)48)51-43-20-6-3-13-36(43)25-32-49(51)54/h1-33H. The molecule has 0 atom stereocenters. The zero-order chi connectivity index (χ0) is 35.6. The zero-order valence-electron chi connectivity index (χ0n) is 29.4. The monoisotopic (exact) mass is 687 g/mol. The molecule has 0 saturated carbocycles. The minimum atomic E-state index is 0.953. The first-order valence-electron chi connectivity index (χ1n) is 18.5. The van der Waals surface area contributed by atoms with Crippen molar-refractivity contribution >= 4 is 77.2 Å². The highest BCUT2D eigenvalue weighted by Crippen LogP contribution is 2.53. The van der Waals surface area contributed by atoms with E-state index < -0.39 is 0 Å². The van der Waals surface area contributed by atoms with Crippen LogP contribution < -0.4 is 9.80 Å². The average Bonchev–Trinajstić information content (AvgIpc) is 3.24. The van der Waals surface area contributed by atoms with Crippen molar-refractivity contribution in [1.82, 2.24) is 4.98 Å². The van der Waals surface area contributed by atoms with Gasteiger partial charge in [0.15, 0.2) is 0 Å². The SMILES string of the molecule is c1ccc2c(-c3ccc(N(c4ccc(N5c6ccc7ccccc7c6-c6cccc7cccc5c67)cc4)c4cccc5ccccc45)cn3)cccc2c1. The Kier molecular flexibility index (Phi) is 6.86. The van der Waals surface area contributed by atoms with Gasteiger partial charge in [0, 0.05) is 33.3 Å². The van der Waals surface area contributed by atoms with Gasteiger partial charge < -0.3 is 9.80 Å². The zero-order valence-corrected chi connectivity index (χ0v) is 29.4. The molecule has 3 heteroatoms. The first kappa shape index (κ1) is 30.4. The second-order valence-corrected chi connectivity index (χ2v) is 14.0. The first-order valence-corrected chi connectivity index (χ1v) is 18.5. The Hall–Kier alpha value is -7.23. The summed E-state index contributed by atoms with van der Waals surface area (Å²) in [6.07, 6.45) is 2.01. The summed E-state index contributed by atoms with van der Waals surface area (Å²) in [5.41, 5.74) is 11.3. The number of rotatable bonds is 5. The minimum Gasteiger partial charge on any atom is -0.309 e. The van der Waals surface area contributed by atoms with E-state index >= 15 is 0 Å². The summed E-state index contributed by atoms with van der Waals surface area (Å²) in [6, 6.07) is 70.0. The molecule has 9 aromatic carbocycles. The van der Waals surface area contributed by atoms with Crippen molar-refractivity contribution in [3.8, 4) is 22.4 Å². The molecule has 1 aliphatic heterocycles. The molecule has 54 heavy (non-hydrogen) atoms. The Morgan fingerprint density at radius 1 is 0.389 bits per heavy atom.